The van der Waals surface area contributed by atoms with E-state index in [0.29, 0.717) is 22.5 Å². The van der Waals surface area contributed by atoms with Crippen LogP contribution >= 0.6 is 0 Å². The molecule has 0 bridgehead atoms. The van der Waals surface area contributed by atoms with Crippen molar-refractivity contribution < 1.29 is 19.1 Å². The van der Waals surface area contributed by atoms with Gasteiger partial charge in [-0.15, -0.1) is 0 Å². The molecule has 178 valence electrons. The first kappa shape index (κ1) is 24.0. The Morgan fingerprint density at radius 3 is 2.56 bits per heavy atom. The number of hydrogen-bond acceptors (Lipinski definition) is 6. The monoisotopic (exact) mass is 478 g/mol. The highest BCUT2D eigenvalue weighted by molar-refractivity contribution is 5.95. The topological polar surface area (TPSA) is 106 Å². The Labute approximate surface area is 208 Å². The molecule has 0 saturated carbocycles. The van der Waals surface area contributed by atoms with Crippen LogP contribution in [0.4, 0.5) is 5.69 Å². The fourth-order valence-corrected chi connectivity index (χ4v) is 3.40. The van der Waals surface area contributed by atoms with Crippen LogP contribution in [0.1, 0.15) is 11.1 Å². The second-order valence-electron chi connectivity index (χ2n) is 7.62. The summed E-state index contributed by atoms with van der Waals surface area (Å²) in [6, 6.07) is 25.5. The van der Waals surface area contributed by atoms with Crippen molar-refractivity contribution in [1.29, 1.82) is 5.26 Å². The molecule has 1 N–H and O–H groups in total. The number of nitriles is 1. The average molecular weight is 479 g/mol. The van der Waals surface area contributed by atoms with Crippen molar-refractivity contribution in [2.45, 2.75) is 0 Å². The summed E-state index contributed by atoms with van der Waals surface area (Å²) in [5.41, 5.74) is 3.93. The number of anilines is 1. The number of amides is 1. The van der Waals surface area contributed by atoms with Crippen LogP contribution in [0.3, 0.4) is 0 Å². The Morgan fingerprint density at radius 1 is 1.06 bits per heavy atom. The fraction of sp³-hybridized carbons (Fsp3) is 0.0714. The molecule has 0 spiro atoms. The molecule has 0 saturated heterocycles. The SMILES string of the molecule is COc1ccc(-c2nn(-c3ccccc3)cc2C=CC(=O)OCC(=O)Nc2cccc(C#N)c2)cc1. The number of carbonyl (C=O) groups is 2. The molecule has 0 fully saturated rings. The minimum atomic E-state index is -0.677. The molecule has 0 aliphatic carbocycles. The summed E-state index contributed by atoms with van der Waals surface area (Å²) in [5.74, 6) is -0.466. The highest BCUT2D eigenvalue weighted by atomic mass is 16.5. The third-order valence-corrected chi connectivity index (χ3v) is 5.15. The van der Waals surface area contributed by atoms with E-state index in [2.05, 4.69) is 5.32 Å². The number of benzene rings is 3. The molecule has 8 heteroatoms. The highest BCUT2D eigenvalue weighted by Crippen LogP contribution is 2.26. The smallest absolute Gasteiger partial charge is 0.331 e. The molecule has 1 aromatic heterocycles. The molecule has 4 aromatic rings. The quantitative estimate of drug-likeness (QED) is 0.293. The van der Waals surface area contributed by atoms with E-state index >= 15 is 0 Å². The number of carbonyl (C=O) groups excluding carboxylic acids is 2. The number of rotatable bonds is 8. The molecular formula is C28H22N4O4. The molecule has 4 rings (SSSR count). The van der Waals surface area contributed by atoms with Gasteiger partial charge in [0, 0.05) is 29.1 Å². The Bertz CT molecular complexity index is 1430. The average Bonchev–Trinajstić information content (AvgIpc) is 3.35. The number of nitrogens with one attached hydrogen (secondary N) is 1. The molecule has 36 heavy (non-hydrogen) atoms. The Hall–Kier alpha value is -5.16. The van der Waals surface area contributed by atoms with E-state index in [1.807, 2.05) is 66.9 Å². The van der Waals surface area contributed by atoms with E-state index in [4.69, 9.17) is 19.8 Å². The minimum Gasteiger partial charge on any atom is -0.497 e. The van der Waals surface area contributed by atoms with Crippen LogP contribution in [0.2, 0.25) is 0 Å². The number of methoxy groups -OCH3 is 1. The molecule has 0 aliphatic rings. The van der Waals surface area contributed by atoms with Crippen LogP contribution < -0.4 is 10.1 Å². The number of nitrogens with zero attached hydrogens (tertiary/aromatic N) is 3. The minimum absolute atomic E-state index is 0.413. The van der Waals surface area contributed by atoms with Crippen LogP contribution in [0.5, 0.6) is 5.75 Å². The second kappa shape index (κ2) is 11.3. The molecule has 0 radical (unpaired) electrons. The summed E-state index contributed by atoms with van der Waals surface area (Å²) in [4.78, 5) is 24.4. The zero-order valence-corrected chi connectivity index (χ0v) is 19.4. The third kappa shape index (κ3) is 6.04. The van der Waals surface area contributed by atoms with E-state index in [1.54, 1.807) is 36.1 Å². The van der Waals surface area contributed by atoms with Gasteiger partial charge >= 0.3 is 5.97 Å². The number of para-hydroxylation sites is 1. The first-order chi connectivity index (χ1) is 17.6. The van der Waals surface area contributed by atoms with Gasteiger partial charge in [0.25, 0.3) is 5.91 Å². The summed E-state index contributed by atoms with van der Waals surface area (Å²) in [6.45, 7) is -0.464. The van der Waals surface area contributed by atoms with Gasteiger partial charge < -0.3 is 14.8 Å². The number of hydrogen-bond donors (Lipinski definition) is 1. The van der Waals surface area contributed by atoms with E-state index in [9.17, 15) is 9.59 Å². The zero-order chi connectivity index (χ0) is 25.3. The van der Waals surface area contributed by atoms with E-state index in [0.717, 1.165) is 17.0 Å². The van der Waals surface area contributed by atoms with Crippen molar-refractivity contribution in [2.75, 3.05) is 19.0 Å². The molecule has 3 aromatic carbocycles. The van der Waals surface area contributed by atoms with Gasteiger partial charge in [-0.1, -0.05) is 24.3 Å². The number of ether oxygens (including phenoxy) is 2. The lowest BCUT2D eigenvalue weighted by molar-refractivity contribution is -0.142. The van der Waals surface area contributed by atoms with Crippen molar-refractivity contribution in [2.24, 2.45) is 0 Å². The summed E-state index contributed by atoms with van der Waals surface area (Å²) >= 11 is 0. The summed E-state index contributed by atoms with van der Waals surface area (Å²) in [7, 11) is 1.60. The van der Waals surface area contributed by atoms with E-state index in [-0.39, 0.29) is 0 Å². The van der Waals surface area contributed by atoms with E-state index < -0.39 is 18.5 Å². The second-order valence-corrected chi connectivity index (χ2v) is 7.62. The molecule has 0 atom stereocenters. The van der Waals surface area contributed by atoms with Crippen molar-refractivity contribution in [3.8, 4) is 28.8 Å². The van der Waals surface area contributed by atoms with Crippen molar-refractivity contribution in [3.05, 3.63) is 102 Å². The zero-order valence-electron chi connectivity index (χ0n) is 19.4. The third-order valence-electron chi connectivity index (χ3n) is 5.15. The van der Waals surface area contributed by atoms with Crippen LogP contribution in [0.25, 0.3) is 23.0 Å². The van der Waals surface area contributed by atoms with Gasteiger partial charge in [0.2, 0.25) is 0 Å². The van der Waals surface area contributed by atoms with E-state index in [1.165, 1.54) is 12.1 Å². The fourth-order valence-electron chi connectivity index (χ4n) is 3.40. The van der Waals surface area contributed by atoms with Crippen LogP contribution in [-0.2, 0) is 14.3 Å². The predicted molar refractivity (Wildman–Crippen MR) is 135 cm³/mol. The maximum atomic E-state index is 12.3. The Balaban J connectivity index is 1.47. The van der Waals surface area contributed by atoms with Gasteiger partial charge in [0.05, 0.1) is 30.1 Å². The first-order valence-corrected chi connectivity index (χ1v) is 11.0. The van der Waals surface area contributed by atoms with Gasteiger partial charge in [0.1, 0.15) is 5.75 Å². The maximum Gasteiger partial charge on any atom is 0.331 e. The predicted octanol–water partition coefficient (Wildman–Crippen LogP) is 4.61. The van der Waals surface area contributed by atoms with Crippen molar-refractivity contribution in [3.63, 3.8) is 0 Å². The van der Waals surface area contributed by atoms with Gasteiger partial charge in [-0.3, -0.25) is 4.79 Å². The molecule has 8 nitrogen and oxygen atoms in total. The maximum absolute atomic E-state index is 12.3. The molecule has 0 aliphatic heterocycles. The summed E-state index contributed by atoms with van der Waals surface area (Å²) in [5, 5.41) is 16.3. The Morgan fingerprint density at radius 2 is 1.83 bits per heavy atom. The van der Waals surface area contributed by atoms with Gasteiger partial charge in [-0.05, 0) is 60.7 Å². The Kier molecular flexibility index (Phi) is 7.54. The van der Waals surface area contributed by atoms with Crippen molar-refractivity contribution in [1.82, 2.24) is 9.78 Å². The normalized spacial score (nSPS) is 10.6. The molecule has 1 amide bonds. The van der Waals surface area contributed by atoms with Gasteiger partial charge in [0.15, 0.2) is 6.61 Å². The number of aromatic nitrogens is 2. The lowest BCUT2D eigenvalue weighted by atomic mass is 10.1. The van der Waals surface area contributed by atoms with Gasteiger partial charge in [-0.25, -0.2) is 9.48 Å². The van der Waals surface area contributed by atoms with Crippen LogP contribution in [0.15, 0.2) is 91.1 Å². The molecular weight excluding hydrogens is 456 g/mol. The van der Waals surface area contributed by atoms with Gasteiger partial charge in [-0.2, -0.15) is 10.4 Å². The van der Waals surface area contributed by atoms with Crippen LogP contribution in [0, 0.1) is 11.3 Å². The highest BCUT2D eigenvalue weighted by Gasteiger charge is 2.12. The summed E-state index contributed by atoms with van der Waals surface area (Å²) in [6.07, 6.45) is 4.67. The molecule has 1 heterocycles. The van der Waals surface area contributed by atoms with Crippen molar-refractivity contribution >= 4 is 23.6 Å². The molecule has 0 unspecified atom stereocenters. The first-order valence-electron chi connectivity index (χ1n) is 11.0. The lowest BCUT2D eigenvalue weighted by Gasteiger charge is -2.05. The van der Waals surface area contributed by atoms with Crippen LogP contribution in [-0.4, -0.2) is 35.4 Å². The number of esters is 1. The summed E-state index contributed by atoms with van der Waals surface area (Å²) < 4.78 is 12.0. The largest absolute Gasteiger partial charge is 0.497 e. The lowest BCUT2D eigenvalue weighted by Crippen LogP contribution is -2.20. The standard InChI is InChI=1S/C28H22N4O4/c1-35-25-13-10-21(11-14-25)28-22(18-32(31-28)24-8-3-2-4-9-24)12-15-27(34)36-19-26(33)30-23-7-5-6-20(16-23)17-29/h2-16,18H,19H2,1H3,(H,30,33).